The van der Waals surface area contributed by atoms with Gasteiger partial charge in [-0.15, -0.1) is 11.8 Å². The average molecular weight is 408 g/mol. The second-order valence-electron chi connectivity index (χ2n) is 6.45. The highest BCUT2D eigenvalue weighted by molar-refractivity contribution is 7.99. The highest BCUT2D eigenvalue weighted by Crippen LogP contribution is 2.39. The van der Waals surface area contributed by atoms with Crippen molar-refractivity contribution in [1.29, 1.82) is 0 Å². The third-order valence-electron chi connectivity index (χ3n) is 4.72. The van der Waals surface area contributed by atoms with E-state index in [2.05, 4.69) is 10.3 Å². The number of thioether (sulfide) groups is 1. The number of rotatable bonds is 3. The van der Waals surface area contributed by atoms with Crippen molar-refractivity contribution in [1.82, 2.24) is 9.88 Å². The molecule has 2 aromatic rings. The molecule has 1 saturated heterocycles. The number of pyridine rings is 1. The summed E-state index contributed by atoms with van der Waals surface area (Å²) in [4.78, 5) is 19.3. The predicted molar refractivity (Wildman–Crippen MR) is 104 cm³/mol. The Kier molecular flexibility index (Phi) is 5.52. The zero-order valence-electron chi connectivity index (χ0n) is 14.6. The number of fused-ring (bicyclic) bond motifs is 1. The lowest BCUT2D eigenvalue weighted by Crippen LogP contribution is -2.40. The van der Waals surface area contributed by atoms with E-state index >= 15 is 0 Å². The maximum absolute atomic E-state index is 14.0. The molecule has 8 heteroatoms. The molecule has 0 unspecified atom stereocenters. The summed E-state index contributed by atoms with van der Waals surface area (Å²) < 4.78 is 19.3. The smallest absolute Gasteiger partial charge is 0.255 e. The number of hydrogen-bond donors (Lipinski definition) is 1. The number of carbonyl (C=O) groups excluding carboxylic acids is 1. The number of hydrogen-bond acceptors (Lipinski definition) is 5. The van der Waals surface area contributed by atoms with E-state index in [-0.39, 0.29) is 17.8 Å². The van der Waals surface area contributed by atoms with Gasteiger partial charge in [0.25, 0.3) is 5.91 Å². The third-order valence-corrected chi connectivity index (χ3v) is 6.17. The maximum atomic E-state index is 14.0. The normalized spacial score (nSPS) is 19.5. The van der Waals surface area contributed by atoms with Gasteiger partial charge in [-0.3, -0.25) is 4.79 Å². The van der Waals surface area contributed by atoms with Crippen molar-refractivity contribution < 1.29 is 13.9 Å². The van der Waals surface area contributed by atoms with E-state index in [0.29, 0.717) is 47.6 Å². The molecule has 142 valence electrons. The second kappa shape index (κ2) is 8.04. The summed E-state index contributed by atoms with van der Waals surface area (Å²) in [5.74, 6) is 1.02. The highest BCUT2D eigenvalue weighted by atomic mass is 35.5. The molecule has 0 aliphatic carbocycles. The van der Waals surface area contributed by atoms with E-state index in [1.807, 2.05) is 6.07 Å². The van der Waals surface area contributed by atoms with Crippen molar-refractivity contribution in [3.05, 3.63) is 52.4 Å². The van der Waals surface area contributed by atoms with Gasteiger partial charge in [0, 0.05) is 29.9 Å². The Balaban J connectivity index is 1.53. The van der Waals surface area contributed by atoms with Crippen LogP contribution in [-0.2, 0) is 4.74 Å². The Morgan fingerprint density at radius 3 is 2.96 bits per heavy atom. The van der Waals surface area contributed by atoms with Crippen molar-refractivity contribution in [3.8, 4) is 0 Å². The van der Waals surface area contributed by atoms with Gasteiger partial charge in [-0.25, -0.2) is 9.37 Å². The summed E-state index contributed by atoms with van der Waals surface area (Å²) in [6.07, 6.45) is 2.38. The molecule has 27 heavy (non-hydrogen) atoms. The zero-order valence-corrected chi connectivity index (χ0v) is 16.2. The molecule has 1 fully saturated rings. The molecule has 1 aromatic carbocycles. The first kappa shape index (κ1) is 18.5. The van der Waals surface area contributed by atoms with Gasteiger partial charge < -0.3 is 15.0 Å². The molecule has 0 saturated carbocycles. The number of halogens is 2. The van der Waals surface area contributed by atoms with Gasteiger partial charge in [-0.1, -0.05) is 23.7 Å². The number of morpholine rings is 1. The fraction of sp³-hybridized carbons (Fsp3) is 0.368. The topological polar surface area (TPSA) is 54.5 Å². The molecule has 2 aliphatic rings. The summed E-state index contributed by atoms with van der Waals surface area (Å²) in [6, 6.07) is 6.69. The number of benzene rings is 1. The minimum Gasteiger partial charge on any atom is -0.378 e. The van der Waals surface area contributed by atoms with Crippen LogP contribution in [-0.4, -0.2) is 47.8 Å². The molecule has 0 bridgehead atoms. The fourth-order valence-corrected chi connectivity index (χ4v) is 4.67. The highest BCUT2D eigenvalue weighted by Gasteiger charge is 2.25. The van der Waals surface area contributed by atoms with Crippen molar-refractivity contribution in [3.63, 3.8) is 0 Å². The molecule has 1 aromatic heterocycles. The number of nitrogens with zero attached hydrogens (tertiary/aromatic N) is 2. The van der Waals surface area contributed by atoms with Crippen molar-refractivity contribution >= 4 is 35.1 Å². The lowest BCUT2D eigenvalue weighted by molar-refractivity contribution is 0.0302. The van der Waals surface area contributed by atoms with Crippen LogP contribution in [0.3, 0.4) is 0 Å². The maximum Gasteiger partial charge on any atom is 0.255 e. The molecule has 0 radical (unpaired) electrons. The van der Waals surface area contributed by atoms with E-state index in [4.69, 9.17) is 16.3 Å². The summed E-state index contributed by atoms with van der Waals surface area (Å²) in [6.45, 7) is 2.22. The molecular formula is C19H19ClFN3O2S. The van der Waals surface area contributed by atoms with Gasteiger partial charge >= 0.3 is 0 Å². The van der Waals surface area contributed by atoms with Gasteiger partial charge in [0.2, 0.25) is 0 Å². The van der Waals surface area contributed by atoms with E-state index in [0.717, 1.165) is 17.7 Å². The molecular weight excluding hydrogens is 389 g/mol. The fourth-order valence-electron chi connectivity index (χ4n) is 3.31. The van der Waals surface area contributed by atoms with Gasteiger partial charge in [-0.2, -0.15) is 0 Å². The van der Waals surface area contributed by atoms with Crippen LogP contribution in [0.1, 0.15) is 28.4 Å². The minimum absolute atomic E-state index is 0.0669. The van der Waals surface area contributed by atoms with Crippen LogP contribution in [0.25, 0.3) is 0 Å². The van der Waals surface area contributed by atoms with E-state index < -0.39 is 0 Å². The van der Waals surface area contributed by atoms with E-state index in [9.17, 15) is 9.18 Å². The lowest BCUT2D eigenvalue weighted by Gasteiger charge is -2.28. The van der Waals surface area contributed by atoms with E-state index in [1.54, 1.807) is 17.0 Å². The lowest BCUT2D eigenvalue weighted by atomic mass is 10.0. The third kappa shape index (κ3) is 3.90. The van der Waals surface area contributed by atoms with Crippen LogP contribution >= 0.6 is 23.4 Å². The Morgan fingerprint density at radius 1 is 1.37 bits per heavy atom. The number of carbonyl (C=O) groups is 1. The molecule has 0 spiro atoms. The second-order valence-corrected chi connectivity index (χ2v) is 7.96. The Morgan fingerprint density at radius 2 is 2.19 bits per heavy atom. The molecule has 3 heterocycles. The van der Waals surface area contributed by atoms with Crippen LogP contribution in [0.4, 0.5) is 10.2 Å². The Hall–Kier alpha value is -1.83. The standard InChI is InChI=1S/C19H19ClFN3O2S/c20-14-10-12(19(25)24-5-7-26-8-6-24)11-22-18(14)23-16-4-9-27-17-13(16)2-1-3-15(17)21/h1-3,10-11,16H,4-9H2,(H,22,23)/t16-/m0/s1. The molecule has 1 amide bonds. The van der Waals surface area contributed by atoms with Gasteiger partial charge in [0.1, 0.15) is 11.6 Å². The first-order chi connectivity index (χ1) is 13.1. The van der Waals surface area contributed by atoms with Gasteiger partial charge in [-0.05, 0) is 24.1 Å². The quantitative estimate of drug-likeness (QED) is 0.833. The Labute approximate surface area is 166 Å². The SMILES string of the molecule is O=C(c1cnc(N[C@H]2CCSc3c(F)cccc32)c(Cl)c1)N1CCOCC1. The number of amides is 1. The van der Waals surface area contributed by atoms with Crippen LogP contribution in [0.5, 0.6) is 0 Å². The molecule has 1 N–H and O–H groups in total. The summed E-state index contributed by atoms with van der Waals surface area (Å²) in [7, 11) is 0. The predicted octanol–water partition coefficient (Wildman–Crippen LogP) is 4.00. The monoisotopic (exact) mass is 407 g/mol. The van der Waals surface area contributed by atoms with Crippen molar-refractivity contribution in [2.75, 3.05) is 37.4 Å². The molecule has 2 aliphatic heterocycles. The summed E-state index contributed by atoms with van der Waals surface area (Å²) >= 11 is 7.92. The summed E-state index contributed by atoms with van der Waals surface area (Å²) in [5.41, 5.74) is 1.37. The Bertz CT molecular complexity index is 861. The van der Waals surface area contributed by atoms with Crippen molar-refractivity contribution in [2.24, 2.45) is 0 Å². The molecule has 1 atom stereocenters. The van der Waals surface area contributed by atoms with Crippen LogP contribution in [0, 0.1) is 5.82 Å². The van der Waals surface area contributed by atoms with Crippen molar-refractivity contribution in [2.45, 2.75) is 17.4 Å². The van der Waals surface area contributed by atoms with Gasteiger partial charge in [0.05, 0.1) is 29.8 Å². The largest absolute Gasteiger partial charge is 0.378 e. The first-order valence-electron chi connectivity index (χ1n) is 8.84. The van der Waals surface area contributed by atoms with Crippen LogP contribution in [0.2, 0.25) is 5.02 Å². The average Bonchev–Trinajstić information content (AvgIpc) is 2.70. The number of ether oxygens (including phenoxy) is 1. The zero-order chi connectivity index (χ0) is 18.8. The number of aromatic nitrogens is 1. The first-order valence-corrected chi connectivity index (χ1v) is 10.2. The molecule has 5 nitrogen and oxygen atoms in total. The van der Waals surface area contributed by atoms with E-state index in [1.165, 1.54) is 24.0 Å². The van der Waals surface area contributed by atoms with Crippen LogP contribution in [0.15, 0.2) is 35.4 Å². The minimum atomic E-state index is -0.200. The number of anilines is 1. The molecule has 4 rings (SSSR count). The number of nitrogens with one attached hydrogen (secondary N) is 1. The van der Waals surface area contributed by atoms with Gasteiger partial charge in [0.15, 0.2) is 0 Å². The van der Waals surface area contributed by atoms with Crippen LogP contribution < -0.4 is 5.32 Å². The summed E-state index contributed by atoms with van der Waals surface area (Å²) in [5, 5.41) is 3.69.